The molecule has 0 amide bonds. The van der Waals surface area contributed by atoms with E-state index in [9.17, 15) is 13.5 Å². The molecular weight excluding hydrogens is 388 g/mol. The van der Waals surface area contributed by atoms with Crippen molar-refractivity contribution in [2.45, 2.75) is 11.8 Å². The SMILES string of the molecule is CCNC(=NCCS(=O)(=O)c1ccccc1)N1CCN(c2ccccc2O)CC1. The highest BCUT2D eigenvalue weighted by Gasteiger charge is 2.21. The summed E-state index contributed by atoms with van der Waals surface area (Å²) in [7, 11) is -3.34. The summed E-state index contributed by atoms with van der Waals surface area (Å²) in [6, 6.07) is 15.8. The molecule has 2 N–H and O–H groups in total. The minimum Gasteiger partial charge on any atom is -0.506 e. The highest BCUT2D eigenvalue weighted by Crippen LogP contribution is 2.27. The van der Waals surface area contributed by atoms with Crippen LogP contribution in [0.2, 0.25) is 0 Å². The normalized spacial score (nSPS) is 15.4. The predicted molar refractivity (Wildman–Crippen MR) is 116 cm³/mol. The Morgan fingerprint density at radius 3 is 2.34 bits per heavy atom. The molecule has 1 fully saturated rings. The number of aromatic hydroxyl groups is 1. The zero-order chi connectivity index (χ0) is 20.7. The van der Waals surface area contributed by atoms with E-state index in [1.54, 1.807) is 36.4 Å². The van der Waals surface area contributed by atoms with Gasteiger partial charge in [-0.1, -0.05) is 30.3 Å². The van der Waals surface area contributed by atoms with Gasteiger partial charge in [0.15, 0.2) is 15.8 Å². The monoisotopic (exact) mass is 416 g/mol. The number of guanidine groups is 1. The van der Waals surface area contributed by atoms with Crippen LogP contribution in [0, 0.1) is 0 Å². The number of aliphatic imine (C=N–C) groups is 1. The second kappa shape index (κ2) is 9.65. The van der Waals surface area contributed by atoms with Crippen LogP contribution in [0.15, 0.2) is 64.5 Å². The molecule has 0 unspecified atom stereocenters. The molecule has 0 saturated carbocycles. The van der Waals surface area contributed by atoms with E-state index in [1.165, 1.54) is 0 Å². The lowest BCUT2D eigenvalue weighted by Gasteiger charge is -2.37. The number of phenols is 1. The Kier molecular flexibility index (Phi) is 6.98. The van der Waals surface area contributed by atoms with E-state index in [0.29, 0.717) is 11.4 Å². The summed E-state index contributed by atoms with van der Waals surface area (Å²) in [5.41, 5.74) is 0.836. The van der Waals surface area contributed by atoms with E-state index in [4.69, 9.17) is 0 Å². The highest BCUT2D eigenvalue weighted by atomic mass is 32.2. The van der Waals surface area contributed by atoms with Crippen molar-refractivity contribution < 1.29 is 13.5 Å². The van der Waals surface area contributed by atoms with Crippen molar-refractivity contribution in [1.82, 2.24) is 10.2 Å². The fraction of sp³-hybridized carbons (Fsp3) is 0.381. The van der Waals surface area contributed by atoms with E-state index >= 15 is 0 Å². The quantitative estimate of drug-likeness (QED) is 0.553. The minimum atomic E-state index is -3.34. The average molecular weight is 417 g/mol. The molecule has 29 heavy (non-hydrogen) atoms. The van der Waals surface area contributed by atoms with Crippen LogP contribution in [-0.2, 0) is 9.84 Å². The van der Waals surface area contributed by atoms with Gasteiger partial charge < -0.3 is 20.2 Å². The topological polar surface area (TPSA) is 85.2 Å². The van der Waals surface area contributed by atoms with E-state index in [-0.39, 0.29) is 18.0 Å². The summed E-state index contributed by atoms with van der Waals surface area (Å²) >= 11 is 0. The smallest absolute Gasteiger partial charge is 0.194 e. The van der Waals surface area contributed by atoms with Gasteiger partial charge in [-0.25, -0.2) is 8.42 Å². The van der Waals surface area contributed by atoms with Crippen LogP contribution in [0.3, 0.4) is 0 Å². The van der Waals surface area contributed by atoms with Gasteiger partial charge in [-0.3, -0.25) is 4.99 Å². The molecule has 3 rings (SSSR count). The van der Waals surface area contributed by atoms with Crippen molar-refractivity contribution in [3.05, 3.63) is 54.6 Å². The number of piperazine rings is 1. The summed E-state index contributed by atoms with van der Waals surface area (Å²) in [4.78, 5) is 9.16. The summed E-state index contributed by atoms with van der Waals surface area (Å²) in [6.07, 6.45) is 0. The summed E-state index contributed by atoms with van der Waals surface area (Å²) in [5, 5.41) is 13.3. The van der Waals surface area contributed by atoms with Gasteiger partial charge in [-0.05, 0) is 31.2 Å². The summed E-state index contributed by atoms with van der Waals surface area (Å²) in [6.45, 7) is 5.91. The number of nitrogens with zero attached hydrogens (tertiary/aromatic N) is 3. The van der Waals surface area contributed by atoms with E-state index in [2.05, 4.69) is 20.1 Å². The number of benzene rings is 2. The Morgan fingerprint density at radius 1 is 1.03 bits per heavy atom. The molecule has 1 aliphatic heterocycles. The first-order chi connectivity index (χ1) is 14.0. The number of phenolic OH excluding ortho intramolecular Hbond substituents is 1. The number of anilines is 1. The molecule has 1 saturated heterocycles. The summed E-state index contributed by atoms with van der Waals surface area (Å²) < 4.78 is 24.9. The van der Waals surface area contributed by atoms with E-state index in [1.807, 2.05) is 25.1 Å². The first kappa shape index (κ1) is 21.0. The van der Waals surface area contributed by atoms with Gasteiger partial charge in [0.1, 0.15) is 5.75 Å². The first-order valence-electron chi connectivity index (χ1n) is 9.85. The molecule has 0 aromatic heterocycles. The molecule has 0 radical (unpaired) electrons. The van der Waals surface area contributed by atoms with Gasteiger partial charge in [-0.15, -0.1) is 0 Å². The van der Waals surface area contributed by atoms with Gasteiger partial charge in [0.05, 0.1) is 22.9 Å². The van der Waals surface area contributed by atoms with Gasteiger partial charge in [0.2, 0.25) is 0 Å². The maximum absolute atomic E-state index is 12.4. The number of sulfone groups is 1. The highest BCUT2D eigenvalue weighted by molar-refractivity contribution is 7.91. The zero-order valence-corrected chi connectivity index (χ0v) is 17.5. The second-order valence-electron chi connectivity index (χ2n) is 6.83. The minimum absolute atomic E-state index is 0.0240. The fourth-order valence-corrected chi connectivity index (χ4v) is 4.47. The number of rotatable bonds is 6. The zero-order valence-electron chi connectivity index (χ0n) is 16.7. The van der Waals surface area contributed by atoms with Crippen LogP contribution in [0.5, 0.6) is 5.75 Å². The van der Waals surface area contributed by atoms with E-state index < -0.39 is 9.84 Å². The largest absolute Gasteiger partial charge is 0.506 e. The van der Waals surface area contributed by atoms with Gasteiger partial charge in [0.25, 0.3) is 0 Å². The molecule has 7 nitrogen and oxygen atoms in total. The number of nitrogens with one attached hydrogen (secondary N) is 1. The average Bonchev–Trinajstić information content (AvgIpc) is 2.74. The fourth-order valence-electron chi connectivity index (χ4n) is 3.33. The molecule has 2 aromatic rings. The number of hydrogen-bond donors (Lipinski definition) is 2. The third-order valence-electron chi connectivity index (χ3n) is 4.86. The van der Waals surface area contributed by atoms with Crippen LogP contribution in [-0.4, -0.2) is 69.4 Å². The van der Waals surface area contributed by atoms with Crippen LogP contribution in [0.1, 0.15) is 6.92 Å². The van der Waals surface area contributed by atoms with Gasteiger partial charge >= 0.3 is 0 Å². The summed E-state index contributed by atoms with van der Waals surface area (Å²) in [5.74, 6) is 0.990. The van der Waals surface area contributed by atoms with Crippen molar-refractivity contribution in [1.29, 1.82) is 0 Å². The van der Waals surface area contributed by atoms with Crippen molar-refractivity contribution >= 4 is 21.5 Å². The molecule has 156 valence electrons. The molecule has 0 atom stereocenters. The maximum Gasteiger partial charge on any atom is 0.194 e. The lowest BCUT2D eigenvalue weighted by atomic mass is 10.2. The molecule has 1 heterocycles. The number of hydrogen-bond acceptors (Lipinski definition) is 5. The van der Waals surface area contributed by atoms with Crippen molar-refractivity contribution in [3.8, 4) is 5.75 Å². The molecule has 0 aliphatic carbocycles. The van der Waals surface area contributed by atoms with Crippen LogP contribution < -0.4 is 10.2 Å². The predicted octanol–water partition coefficient (Wildman–Crippen LogP) is 1.95. The Labute approximate surface area is 172 Å². The van der Waals surface area contributed by atoms with E-state index in [0.717, 1.165) is 37.8 Å². The Morgan fingerprint density at radius 2 is 1.69 bits per heavy atom. The lowest BCUT2D eigenvalue weighted by molar-refractivity contribution is 0.370. The molecule has 0 spiro atoms. The lowest BCUT2D eigenvalue weighted by Crippen LogP contribution is -2.52. The first-order valence-corrected chi connectivity index (χ1v) is 11.5. The van der Waals surface area contributed by atoms with Crippen molar-refractivity contribution in [2.75, 3.05) is 49.9 Å². The maximum atomic E-state index is 12.4. The van der Waals surface area contributed by atoms with Crippen LogP contribution in [0.4, 0.5) is 5.69 Å². The van der Waals surface area contributed by atoms with Crippen LogP contribution >= 0.6 is 0 Å². The van der Waals surface area contributed by atoms with Gasteiger partial charge in [-0.2, -0.15) is 0 Å². The molecule has 1 aliphatic rings. The standard InChI is InChI=1S/C21H28N4O3S/c1-2-22-21(23-12-17-29(27,28)18-8-4-3-5-9-18)25-15-13-24(14-16-25)19-10-6-7-11-20(19)26/h3-11,26H,2,12-17H2,1H3,(H,22,23). The Hall–Kier alpha value is -2.74. The van der Waals surface area contributed by atoms with Crippen LogP contribution in [0.25, 0.3) is 0 Å². The molecule has 0 bridgehead atoms. The van der Waals surface area contributed by atoms with Crippen molar-refractivity contribution in [2.24, 2.45) is 4.99 Å². The molecular formula is C21H28N4O3S. The van der Waals surface area contributed by atoms with Gasteiger partial charge in [0, 0.05) is 32.7 Å². The second-order valence-corrected chi connectivity index (χ2v) is 8.94. The Bertz CT molecular complexity index is 924. The van der Waals surface area contributed by atoms with Crippen molar-refractivity contribution in [3.63, 3.8) is 0 Å². The third kappa shape index (κ3) is 5.41. The molecule has 2 aromatic carbocycles. The Balaban J connectivity index is 1.61. The molecule has 8 heteroatoms. The number of para-hydroxylation sites is 2. The third-order valence-corrected chi connectivity index (χ3v) is 6.57.